The fourth-order valence-corrected chi connectivity index (χ4v) is 1.31. The third-order valence-electron chi connectivity index (χ3n) is 1.12. The Morgan fingerprint density at radius 2 is 1.82 bits per heavy atom. The van der Waals surface area contributed by atoms with Crippen LogP contribution in [0.1, 0.15) is 6.42 Å². The molecule has 0 rings (SSSR count). The van der Waals surface area contributed by atoms with Crippen molar-refractivity contribution in [2.24, 2.45) is 0 Å². The standard InChI is InChI=1S/C5H11ClO4S/c1-9-5(10-2)3-4-11(6,7)8/h5H,3-4H2,1-2H3. The zero-order valence-electron chi connectivity index (χ0n) is 6.41. The molecule has 0 aromatic carbocycles. The van der Waals surface area contributed by atoms with Crippen LogP contribution in [0.5, 0.6) is 0 Å². The normalized spacial score (nSPS) is 12.4. The third kappa shape index (κ3) is 6.55. The Morgan fingerprint density at radius 1 is 1.36 bits per heavy atom. The molecule has 0 spiro atoms. The molecule has 0 aromatic rings. The van der Waals surface area contributed by atoms with E-state index in [1.807, 2.05) is 0 Å². The van der Waals surface area contributed by atoms with E-state index in [1.54, 1.807) is 0 Å². The number of rotatable bonds is 5. The summed E-state index contributed by atoms with van der Waals surface area (Å²) in [7, 11) is 4.40. The summed E-state index contributed by atoms with van der Waals surface area (Å²) in [6, 6.07) is 0. The molecule has 11 heavy (non-hydrogen) atoms. The molecule has 0 fully saturated rings. The zero-order valence-corrected chi connectivity index (χ0v) is 7.98. The lowest BCUT2D eigenvalue weighted by molar-refractivity contribution is -0.102. The molecular weight excluding hydrogens is 192 g/mol. The Morgan fingerprint density at radius 3 is 2.09 bits per heavy atom. The molecule has 0 saturated heterocycles. The first-order chi connectivity index (χ1) is 4.99. The third-order valence-corrected chi connectivity index (χ3v) is 2.31. The Bertz CT molecular complexity index is 185. The van der Waals surface area contributed by atoms with Gasteiger partial charge in [0.25, 0.3) is 0 Å². The molecule has 0 bridgehead atoms. The van der Waals surface area contributed by atoms with Crippen molar-refractivity contribution in [3.63, 3.8) is 0 Å². The molecule has 68 valence electrons. The predicted molar refractivity (Wildman–Crippen MR) is 42.1 cm³/mol. The minimum absolute atomic E-state index is 0.138. The maximum atomic E-state index is 10.4. The number of ether oxygens (including phenoxy) is 2. The van der Waals surface area contributed by atoms with Gasteiger partial charge in [-0.1, -0.05) is 0 Å². The topological polar surface area (TPSA) is 52.6 Å². The van der Waals surface area contributed by atoms with Gasteiger partial charge in [0.15, 0.2) is 6.29 Å². The Labute approximate surface area is 70.9 Å². The highest BCUT2D eigenvalue weighted by Gasteiger charge is 2.11. The number of hydrogen-bond acceptors (Lipinski definition) is 4. The molecule has 0 aliphatic heterocycles. The van der Waals surface area contributed by atoms with Crippen LogP contribution in [0.3, 0.4) is 0 Å². The first-order valence-electron chi connectivity index (χ1n) is 2.97. The van der Waals surface area contributed by atoms with Crippen LogP contribution < -0.4 is 0 Å². The van der Waals surface area contributed by atoms with E-state index in [1.165, 1.54) is 14.2 Å². The maximum absolute atomic E-state index is 10.4. The predicted octanol–water partition coefficient (Wildman–Crippen LogP) is 0.564. The Hall–Kier alpha value is 0.160. The zero-order chi connectivity index (χ0) is 8.91. The Kier molecular flexibility index (Phi) is 4.99. The molecule has 0 amide bonds. The van der Waals surface area contributed by atoms with Gasteiger partial charge in [-0.15, -0.1) is 0 Å². The molecule has 0 saturated carbocycles. The molecular formula is C5H11ClO4S. The summed E-state index contributed by atoms with van der Waals surface area (Å²) in [6.07, 6.45) is -0.248. The molecule has 0 N–H and O–H groups in total. The van der Waals surface area contributed by atoms with Gasteiger partial charge in [-0.25, -0.2) is 8.42 Å². The lowest BCUT2D eigenvalue weighted by atomic mass is 10.5. The summed E-state index contributed by atoms with van der Waals surface area (Å²) in [5.41, 5.74) is 0. The van der Waals surface area contributed by atoms with Crippen LogP contribution in [0.25, 0.3) is 0 Å². The monoisotopic (exact) mass is 202 g/mol. The highest BCUT2D eigenvalue weighted by atomic mass is 35.7. The fourth-order valence-electron chi connectivity index (χ4n) is 0.569. The average molecular weight is 203 g/mol. The number of halogens is 1. The second kappa shape index (κ2) is 4.92. The molecule has 0 aromatic heterocycles. The van der Waals surface area contributed by atoms with Crippen molar-refractivity contribution in [2.45, 2.75) is 12.7 Å². The molecule has 0 heterocycles. The van der Waals surface area contributed by atoms with Crippen LogP contribution >= 0.6 is 10.7 Å². The van der Waals surface area contributed by atoms with Gasteiger partial charge in [0, 0.05) is 31.3 Å². The summed E-state index contributed by atoms with van der Waals surface area (Å²) >= 11 is 0. The molecule has 6 heteroatoms. The van der Waals surface area contributed by atoms with Crippen molar-refractivity contribution >= 4 is 19.7 Å². The quantitative estimate of drug-likeness (QED) is 0.483. The summed E-state index contributed by atoms with van der Waals surface area (Å²) in [4.78, 5) is 0. The van der Waals surface area contributed by atoms with E-state index < -0.39 is 15.3 Å². The number of hydrogen-bond donors (Lipinski definition) is 0. The van der Waals surface area contributed by atoms with Crippen molar-refractivity contribution in [1.29, 1.82) is 0 Å². The van der Waals surface area contributed by atoms with Crippen LogP contribution in [0.15, 0.2) is 0 Å². The minimum Gasteiger partial charge on any atom is -0.356 e. The van der Waals surface area contributed by atoms with E-state index in [4.69, 9.17) is 20.2 Å². The maximum Gasteiger partial charge on any atom is 0.232 e. The summed E-state index contributed by atoms with van der Waals surface area (Å²) in [5, 5.41) is 0. The minimum atomic E-state index is -3.43. The lowest BCUT2D eigenvalue weighted by Crippen LogP contribution is -2.16. The van der Waals surface area contributed by atoms with Crippen molar-refractivity contribution in [3.05, 3.63) is 0 Å². The van der Waals surface area contributed by atoms with Gasteiger partial charge in [0.1, 0.15) is 0 Å². The largest absolute Gasteiger partial charge is 0.356 e. The van der Waals surface area contributed by atoms with Crippen LogP contribution in [0, 0.1) is 0 Å². The molecule has 0 aliphatic carbocycles. The fraction of sp³-hybridized carbons (Fsp3) is 1.00. The first-order valence-corrected chi connectivity index (χ1v) is 5.45. The van der Waals surface area contributed by atoms with Crippen LogP contribution in [-0.4, -0.2) is 34.7 Å². The van der Waals surface area contributed by atoms with E-state index in [-0.39, 0.29) is 12.2 Å². The van der Waals surface area contributed by atoms with Crippen molar-refractivity contribution in [2.75, 3.05) is 20.0 Å². The van der Waals surface area contributed by atoms with Gasteiger partial charge in [-0.2, -0.15) is 0 Å². The second-order valence-corrected chi connectivity index (χ2v) is 4.83. The van der Waals surface area contributed by atoms with Crippen LogP contribution in [0.2, 0.25) is 0 Å². The van der Waals surface area contributed by atoms with Gasteiger partial charge in [-0.3, -0.25) is 0 Å². The number of methoxy groups -OCH3 is 2. The average Bonchev–Trinajstić information content (AvgIpc) is 1.88. The summed E-state index contributed by atoms with van der Waals surface area (Å²) in [6.45, 7) is 0. The second-order valence-electron chi connectivity index (χ2n) is 1.93. The first kappa shape index (κ1) is 11.2. The van der Waals surface area contributed by atoms with Crippen molar-refractivity contribution in [3.8, 4) is 0 Å². The molecule has 0 unspecified atom stereocenters. The molecule has 0 atom stereocenters. The van der Waals surface area contributed by atoms with E-state index in [2.05, 4.69) is 0 Å². The summed E-state index contributed by atoms with van der Waals surface area (Å²) in [5.74, 6) is -0.138. The lowest BCUT2D eigenvalue weighted by Gasteiger charge is -2.10. The Balaban J connectivity index is 3.69. The van der Waals surface area contributed by atoms with Crippen LogP contribution in [0.4, 0.5) is 0 Å². The SMILES string of the molecule is COC(CCS(=O)(=O)Cl)OC. The van der Waals surface area contributed by atoms with E-state index >= 15 is 0 Å². The van der Waals surface area contributed by atoms with Crippen molar-refractivity contribution < 1.29 is 17.9 Å². The molecule has 0 aliphatic rings. The van der Waals surface area contributed by atoms with Gasteiger partial charge in [0.05, 0.1) is 5.75 Å². The van der Waals surface area contributed by atoms with E-state index in [0.29, 0.717) is 0 Å². The molecule has 4 nitrogen and oxygen atoms in total. The van der Waals surface area contributed by atoms with Gasteiger partial charge >= 0.3 is 0 Å². The van der Waals surface area contributed by atoms with Gasteiger partial charge < -0.3 is 9.47 Å². The van der Waals surface area contributed by atoms with Gasteiger partial charge in [0.2, 0.25) is 9.05 Å². The highest BCUT2D eigenvalue weighted by Crippen LogP contribution is 2.04. The van der Waals surface area contributed by atoms with Crippen LogP contribution in [-0.2, 0) is 18.5 Å². The van der Waals surface area contributed by atoms with E-state index in [0.717, 1.165) is 0 Å². The van der Waals surface area contributed by atoms with Gasteiger partial charge in [-0.05, 0) is 0 Å². The highest BCUT2D eigenvalue weighted by molar-refractivity contribution is 8.13. The van der Waals surface area contributed by atoms with Crippen molar-refractivity contribution in [1.82, 2.24) is 0 Å². The molecule has 0 radical (unpaired) electrons. The summed E-state index contributed by atoms with van der Waals surface area (Å²) < 4.78 is 30.3. The smallest absolute Gasteiger partial charge is 0.232 e. The van der Waals surface area contributed by atoms with E-state index in [9.17, 15) is 8.42 Å².